The predicted octanol–water partition coefficient (Wildman–Crippen LogP) is 4.03. The van der Waals surface area contributed by atoms with Crippen LogP contribution >= 0.6 is 11.6 Å². The van der Waals surface area contributed by atoms with Crippen molar-refractivity contribution in [3.05, 3.63) is 22.7 Å². The Balaban J connectivity index is 2.48. The average molecular weight is 286 g/mol. The van der Waals surface area contributed by atoms with Gasteiger partial charge in [-0.15, -0.1) is 0 Å². The molecule has 0 atom stereocenters. The Morgan fingerprint density at radius 2 is 1.89 bits per heavy atom. The average Bonchev–Trinajstić information content (AvgIpc) is 2.42. The van der Waals surface area contributed by atoms with E-state index >= 15 is 0 Å². The van der Waals surface area contributed by atoms with Gasteiger partial charge in [-0.3, -0.25) is 0 Å². The highest BCUT2D eigenvalue weighted by molar-refractivity contribution is 6.32. The minimum absolute atomic E-state index is 0.588. The Morgan fingerprint density at radius 1 is 1.11 bits per heavy atom. The van der Waals surface area contributed by atoms with Crippen molar-refractivity contribution >= 4 is 11.6 Å². The molecule has 0 aliphatic rings. The van der Waals surface area contributed by atoms with Crippen LogP contribution in [0.25, 0.3) is 0 Å². The molecule has 1 aromatic carbocycles. The molecule has 0 bridgehead atoms. The van der Waals surface area contributed by atoms with Crippen LogP contribution in [-0.2, 0) is 6.54 Å². The van der Waals surface area contributed by atoms with Gasteiger partial charge in [-0.1, -0.05) is 37.8 Å². The minimum atomic E-state index is 0.588. The minimum Gasteiger partial charge on any atom is -0.493 e. The zero-order valence-electron chi connectivity index (χ0n) is 12.1. The van der Waals surface area contributed by atoms with E-state index in [4.69, 9.17) is 21.1 Å². The molecule has 0 aromatic heterocycles. The van der Waals surface area contributed by atoms with Crippen LogP contribution in [0.1, 0.15) is 38.2 Å². The number of halogens is 1. The Hall–Kier alpha value is -0.930. The predicted molar refractivity (Wildman–Crippen MR) is 80.4 cm³/mol. The maximum atomic E-state index is 6.16. The molecule has 0 heterocycles. The van der Waals surface area contributed by atoms with Crippen LogP contribution in [0.5, 0.6) is 11.5 Å². The molecule has 0 spiro atoms. The van der Waals surface area contributed by atoms with E-state index in [1.54, 1.807) is 14.2 Å². The third-order valence-electron chi connectivity index (χ3n) is 3.03. The fraction of sp³-hybridized carbons (Fsp3) is 0.600. The molecule has 0 fully saturated rings. The molecule has 108 valence electrons. The first kappa shape index (κ1) is 16.1. The topological polar surface area (TPSA) is 30.5 Å². The van der Waals surface area contributed by atoms with Crippen molar-refractivity contribution in [1.29, 1.82) is 0 Å². The Kier molecular flexibility index (Phi) is 7.68. The van der Waals surface area contributed by atoms with E-state index < -0.39 is 0 Å². The van der Waals surface area contributed by atoms with Crippen molar-refractivity contribution in [1.82, 2.24) is 5.32 Å². The van der Waals surface area contributed by atoms with Gasteiger partial charge in [-0.25, -0.2) is 0 Å². The fourth-order valence-electron chi connectivity index (χ4n) is 1.98. The summed E-state index contributed by atoms with van der Waals surface area (Å²) in [6, 6.07) is 3.88. The Morgan fingerprint density at radius 3 is 2.53 bits per heavy atom. The maximum Gasteiger partial charge on any atom is 0.179 e. The van der Waals surface area contributed by atoms with Gasteiger partial charge < -0.3 is 14.8 Å². The lowest BCUT2D eigenvalue weighted by Gasteiger charge is -2.12. The van der Waals surface area contributed by atoms with E-state index in [-0.39, 0.29) is 0 Å². The zero-order valence-corrected chi connectivity index (χ0v) is 12.8. The normalized spacial score (nSPS) is 10.5. The summed E-state index contributed by atoms with van der Waals surface area (Å²) >= 11 is 6.16. The van der Waals surface area contributed by atoms with Crippen molar-refractivity contribution < 1.29 is 9.47 Å². The van der Waals surface area contributed by atoms with Crippen LogP contribution in [0.15, 0.2) is 12.1 Å². The lowest BCUT2D eigenvalue weighted by atomic mass is 10.2. The number of nitrogens with one attached hydrogen (secondary N) is 1. The molecule has 0 aliphatic carbocycles. The van der Waals surface area contributed by atoms with Crippen LogP contribution in [-0.4, -0.2) is 20.8 Å². The summed E-state index contributed by atoms with van der Waals surface area (Å²) < 4.78 is 10.5. The fourth-order valence-corrected chi connectivity index (χ4v) is 2.29. The molecule has 1 rings (SSSR count). The van der Waals surface area contributed by atoms with Crippen LogP contribution < -0.4 is 14.8 Å². The summed E-state index contributed by atoms with van der Waals surface area (Å²) in [4.78, 5) is 0. The van der Waals surface area contributed by atoms with Gasteiger partial charge in [0, 0.05) is 6.54 Å². The number of hydrogen-bond donors (Lipinski definition) is 1. The second-order valence-electron chi connectivity index (χ2n) is 4.55. The number of benzene rings is 1. The lowest BCUT2D eigenvalue weighted by Crippen LogP contribution is -2.14. The second-order valence-corrected chi connectivity index (χ2v) is 4.96. The van der Waals surface area contributed by atoms with Gasteiger partial charge in [0.05, 0.1) is 19.2 Å². The van der Waals surface area contributed by atoms with Gasteiger partial charge in [0.1, 0.15) is 0 Å². The quantitative estimate of drug-likeness (QED) is 0.695. The largest absolute Gasteiger partial charge is 0.493 e. The van der Waals surface area contributed by atoms with E-state index in [2.05, 4.69) is 12.2 Å². The van der Waals surface area contributed by atoms with Crippen LogP contribution in [0.4, 0.5) is 0 Å². The molecular weight excluding hydrogens is 262 g/mol. The van der Waals surface area contributed by atoms with Crippen LogP contribution in [0.3, 0.4) is 0 Å². The van der Waals surface area contributed by atoms with Crippen molar-refractivity contribution in [3.8, 4) is 11.5 Å². The zero-order chi connectivity index (χ0) is 14.1. The summed E-state index contributed by atoms with van der Waals surface area (Å²) in [6.45, 7) is 4.05. The monoisotopic (exact) mass is 285 g/mol. The van der Waals surface area contributed by atoms with Crippen LogP contribution in [0, 0.1) is 0 Å². The van der Waals surface area contributed by atoms with Crippen molar-refractivity contribution in [2.75, 3.05) is 20.8 Å². The highest BCUT2D eigenvalue weighted by atomic mass is 35.5. The third kappa shape index (κ3) is 5.29. The van der Waals surface area contributed by atoms with E-state index in [1.165, 1.54) is 25.7 Å². The summed E-state index contributed by atoms with van der Waals surface area (Å²) in [5.74, 6) is 1.27. The van der Waals surface area contributed by atoms with Crippen LogP contribution in [0.2, 0.25) is 5.02 Å². The number of hydrogen-bond acceptors (Lipinski definition) is 3. The highest BCUT2D eigenvalue weighted by Crippen LogP contribution is 2.35. The Bertz CT molecular complexity index is 383. The van der Waals surface area contributed by atoms with E-state index in [0.29, 0.717) is 16.5 Å². The standard InChI is InChI=1S/C15H24ClNO2/c1-4-5-6-7-8-17-11-12-9-13(16)15(19-3)14(10-12)18-2/h9-10,17H,4-8,11H2,1-3H3. The summed E-state index contributed by atoms with van der Waals surface area (Å²) in [5.41, 5.74) is 1.11. The van der Waals surface area contributed by atoms with Crippen molar-refractivity contribution in [2.45, 2.75) is 39.2 Å². The molecule has 3 nitrogen and oxygen atoms in total. The SMILES string of the molecule is CCCCCCNCc1cc(Cl)c(OC)c(OC)c1. The smallest absolute Gasteiger partial charge is 0.179 e. The van der Waals surface area contributed by atoms with Crippen molar-refractivity contribution in [2.24, 2.45) is 0 Å². The molecule has 1 aromatic rings. The molecule has 0 aliphatic heterocycles. The second kappa shape index (κ2) is 9.05. The molecule has 4 heteroatoms. The number of rotatable bonds is 9. The molecule has 0 saturated heterocycles. The number of unbranched alkanes of at least 4 members (excludes halogenated alkanes) is 3. The van der Waals surface area contributed by atoms with Gasteiger partial charge in [-0.05, 0) is 30.7 Å². The van der Waals surface area contributed by atoms with E-state index in [1.807, 2.05) is 12.1 Å². The molecule has 0 radical (unpaired) electrons. The van der Waals surface area contributed by atoms with Gasteiger partial charge in [0.25, 0.3) is 0 Å². The lowest BCUT2D eigenvalue weighted by molar-refractivity contribution is 0.354. The van der Waals surface area contributed by atoms with Gasteiger partial charge in [0.2, 0.25) is 0 Å². The molecular formula is C15H24ClNO2. The van der Waals surface area contributed by atoms with Gasteiger partial charge in [-0.2, -0.15) is 0 Å². The summed E-state index contributed by atoms with van der Waals surface area (Å²) in [7, 11) is 3.21. The van der Waals surface area contributed by atoms with E-state index in [0.717, 1.165) is 18.7 Å². The third-order valence-corrected chi connectivity index (χ3v) is 3.31. The number of methoxy groups -OCH3 is 2. The summed E-state index contributed by atoms with van der Waals surface area (Å²) in [6.07, 6.45) is 5.08. The van der Waals surface area contributed by atoms with Gasteiger partial charge in [0.15, 0.2) is 11.5 Å². The van der Waals surface area contributed by atoms with E-state index in [9.17, 15) is 0 Å². The molecule has 1 N–H and O–H groups in total. The molecule has 0 amide bonds. The first-order valence-corrected chi connectivity index (χ1v) is 7.21. The summed E-state index contributed by atoms with van der Waals surface area (Å²) in [5, 5.41) is 4.01. The molecule has 0 saturated carbocycles. The Labute approximate surface area is 121 Å². The first-order chi connectivity index (χ1) is 9.22. The highest BCUT2D eigenvalue weighted by Gasteiger charge is 2.10. The first-order valence-electron chi connectivity index (χ1n) is 6.84. The molecule has 19 heavy (non-hydrogen) atoms. The van der Waals surface area contributed by atoms with Gasteiger partial charge >= 0.3 is 0 Å². The van der Waals surface area contributed by atoms with Crippen molar-refractivity contribution in [3.63, 3.8) is 0 Å². The molecule has 0 unspecified atom stereocenters. The number of ether oxygens (including phenoxy) is 2. The maximum absolute atomic E-state index is 6.16.